The zero-order valence-corrected chi connectivity index (χ0v) is 12.8. The Kier molecular flexibility index (Phi) is 3.21. The first kappa shape index (κ1) is 12.9. The van der Waals surface area contributed by atoms with E-state index in [1.807, 2.05) is 0 Å². The van der Waals surface area contributed by atoms with Crippen LogP contribution in [0.25, 0.3) is 21.8 Å². The minimum atomic E-state index is 0.756. The molecule has 0 unspecified atom stereocenters. The third-order valence-corrected chi connectivity index (χ3v) is 5.21. The van der Waals surface area contributed by atoms with Crippen LogP contribution in [0.3, 0.4) is 0 Å². The highest BCUT2D eigenvalue weighted by molar-refractivity contribution is 6.10. The number of aromatic amines is 1. The Labute approximate surface area is 126 Å². The zero-order valence-electron chi connectivity index (χ0n) is 12.8. The molecule has 1 nitrogen and oxygen atoms in total. The number of aromatic nitrogens is 1. The Hall–Kier alpha value is -1.76. The van der Waals surface area contributed by atoms with Crippen LogP contribution in [0.1, 0.15) is 56.1 Å². The van der Waals surface area contributed by atoms with Gasteiger partial charge in [-0.1, -0.05) is 56.5 Å². The van der Waals surface area contributed by atoms with Gasteiger partial charge >= 0.3 is 0 Å². The second-order valence-electron chi connectivity index (χ2n) is 6.42. The maximum Gasteiger partial charge on any atom is 0.0500 e. The van der Waals surface area contributed by atoms with Crippen LogP contribution in [0.15, 0.2) is 36.4 Å². The Morgan fingerprint density at radius 1 is 1.00 bits per heavy atom. The predicted molar refractivity (Wildman–Crippen MR) is 91.0 cm³/mol. The van der Waals surface area contributed by atoms with Crippen LogP contribution in [0.4, 0.5) is 0 Å². The molecule has 2 aromatic carbocycles. The number of benzene rings is 2. The Bertz CT molecular complexity index is 775. The third-order valence-electron chi connectivity index (χ3n) is 5.21. The minimum Gasteiger partial charge on any atom is -0.354 e. The Morgan fingerprint density at radius 2 is 1.81 bits per heavy atom. The fourth-order valence-corrected chi connectivity index (χ4v) is 4.09. The summed E-state index contributed by atoms with van der Waals surface area (Å²) in [7, 11) is 0. The van der Waals surface area contributed by atoms with Crippen LogP contribution in [0.2, 0.25) is 0 Å². The molecule has 1 aliphatic rings. The molecule has 0 spiro atoms. The lowest BCUT2D eigenvalue weighted by molar-refractivity contribution is 0.445. The van der Waals surface area contributed by atoms with Gasteiger partial charge < -0.3 is 4.98 Å². The lowest BCUT2D eigenvalue weighted by atomic mass is 9.82. The Balaban J connectivity index is 2.01. The molecule has 4 rings (SSSR count). The molecule has 0 radical (unpaired) electrons. The number of hydrogen-bond acceptors (Lipinski definition) is 0. The van der Waals surface area contributed by atoms with Gasteiger partial charge in [0.2, 0.25) is 0 Å². The first-order valence-electron chi connectivity index (χ1n) is 8.40. The van der Waals surface area contributed by atoms with Crippen molar-refractivity contribution in [2.24, 2.45) is 0 Å². The summed E-state index contributed by atoms with van der Waals surface area (Å²) in [5.41, 5.74) is 5.69. The summed E-state index contributed by atoms with van der Waals surface area (Å²) < 4.78 is 0. The molecule has 108 valence electrons. The van der Waals surface area contributed by atoms with E-state index in [1.165, 1.54) is 59.5 Å². The van der Waals surface area contributed by atoms with Crippen LogP contribution < -0.4 is 0 Å². The lowest BCUT2D eigenvalue weighted by Gasteiger charge is -2.23. The third kappa shape index (κ3) is 2.07. The first-order chi connectivity index (χ1) is 10.4. The van der Waals surface area contributed by atoms with Gasteiger partial charge in [-0.15, -0.1) is 0 Å². The zero-order chi connectivity index (χ0) is 14.2. The molecular weight excluding hydrogens is 254 g/mol. The molecule has 1 N–H and O–H groups in total. The first-order valence-corrected chi connectivity index (χ1v) is 8.40. The van der Waals surface area contributed by atoms with Gasteiger partial charge in [0.25, 0.3) is 0 Å². The van der Waals surface area contributed by atoms with Crippen molar-refractivity contribution in [3.05, 3.63) is 47.5 Å². The number of H-pyrrole nitrogens is 1. The van der Waals surface area contributed by atoms with Crippen molar-refractivity contribution >= 4 is 21.8 Å². The summed E-state index contributed by atoms with van der Waals surface area (Å²) in [4.78, 5) is 3.68. The van der Waals surface area contributed by atoms with E-state index in [9.17, 15) is 0 Å². The molecule has 0 saturated heterocycles. The predicted octanol–water partition coefficient (Wildman–Crippen LogP) is 5.93. The quantitative estimate of drug-likeness (QED) is 0.597. The summed E-state index contributed by atoms with van der Waals surface area (Å²) in [6, 6.07) is 13.5. The van der Waals surface area contributed by atoms with Crippen LogP contribution in [0.5, 0.6) is 0 Å². The normalized spacial score (nSPS) is 16.8. The molecular formula is C20H23N. The molecule has 0 bridgehead atoms. The van der Waals surface area contributed by atoms with Gasteiger partial charge in [0.1, 0.15) is 0 Å². The van der Waals surface area contributed by atoms with Gasteiger partial charge in [-0.25, -0.2) is 0 Å². The summed E-state index contributed by atoms with van der Waals surface area (Å²) in [5.74, 6) is 0.756. The molecule has 1 saturated carbocycles. The summed E-state index contributed by atoms with van der Waals surface area (Å²) in [6.07, 6.45) is 8.02. The number of nitrogens with one attached hydrogen (secondary N) is 1. The number of fused-ring (bicyclic) bond motifs is 3. The summed E-state index contributed by atoms with van der Waals surface area (Å²) >= 11 is 0. The molecule has 3 aromatic rings. The summed E-state index contributed by atoms with van der Waals surface area (Å²) in [6.45, 7) is 2.25. The van der Waals surface area contributed by atoms with E-state index in [4.69, 9.17) is 0 Å². The molecule has 1 aromatic heterocycles. The minimum absolute atomic E-state index is 0.756. The lowest BCUT2D eigenvalue weighted by Crippen LogP contribution is -2.05. The van der Waals surface area contributed by atoms with Crippen LogP contribution >= 0.6 is 0 Å². The average molecular weight is 277 g/mol. The monoisotopic (exact) mass is 277 g/mol. The van der Waals surface area contributed by atoms with Crippen molar-refractivity contribution in [1.29, 1.82) is 0 Å². The molecule has 1 aliphatic carbocycles. The smallest absolute Gasteiger partial charge is 0.0500 e. The highest BCUT2D eigenvalue weighted by Gasteiger charge is 2.20. The molecule has 21 heavy (non-hydrogen) atoms. The van der Waals surface area contributed by atoms with E-state index in [2.05, 4.69) is 48.3 Å². The standard InChI is InChI=1S/C20H23N/c1-2-14-12-13-16(15-8-4-3-5-9-15)19-17-10-6-7-11-18(17)21-20(14)19/h6-7,10-13,15,21H,2-5,8-9H2,1H3. The van der Waals surface area contributed by atoms with Crippen molar-refractivity contribution in [2.45, 2.75) is 51.4 Å². The van der Waals surface area contributed by atoms with Gasteiger partial charge in [0.05, 0.1) is 0 Å². The molecule has 0 aliphatic heterocycles. The number of hydrogen-bond donors (Lipinski definition) is 1. The molecule has 1 heterocycles. The second kappa shape index (κ2) is 5.22. The van der Waals surface area contributed by atoms with E-state index >= 15 is 0 Å². The fourth-order valence-electron chi connectivity index (χ4n) is 4.09. The maximum absolute atomic E-state index is 3.68. The van der Waals surface area contributed by atoms with Crippen molar-refractivity contribution in [3.63, 3.8) is 0 Å². The van der Waals surface area contributed by atoms with E-state index < -0.39 is 0 Å². The maximum atomic E-state index is 3.68. The van der Waals surface area contributed by atoms with Gasteiger partial charge in [-0.2, -0.15) is 0 Å². The molecule has 0 amide bonds. The van der Waals surface area contributed by atoms with Crippen LogP contribution in [-0.4, -0.2) is 4.98 Å². The highest BCUT2D eigenvalue weighted by Crippen LogP contribution is 2.40. The molecule has 0 atom stereocenters. The van der Waals surface area contributed by atoms with E-state index in [0.717, 1.165) is 12.3 Å². The average Bonchev–Trinajstić information content (AvgIpc) is 2.94. The van der Waals surface area contributed by atoms with Crippen molar-refractivity contribution < 1.29 is 0 Å². The van der Waals surface area contributed by atoms with Crippen molar-refractivity contribution in [1.82, 2.24) is 4.98 Å². The van der Waals surface area contributed by atoms with Crippen LogP contribution in [-0.2, 0) is 6.42 Å². The van der Waals surface area contributed by atoms with E-state index in [1.54, 1.807) is 5.56 Å². The van der Waals surface area contributed by atoms with Gasteiger partial charge in [-0.05, 0) is 42.4 Å². The SMILES string of the molecule is CCc1ccc(C2CCCCC2)c2c1[nH]c1ccccc12. The Morgan fingerprint density at radius 3 is 2.62 bits per heavy atom. The number of para-hydroxylation sites is 1. The largest absolute Gasteiger partial charge is 0.354 e. The van der Waals surface area contributed by atoms with Crippen molar-refractivity contribution in [3.8, 4) is 0 Å². The number of rotatable bonds is 2. The number of aryl methyl sites for hydroxylation is 1. The van der Waals surface area contributed by atoms with E-state index in [0.29, 0.717) is 0 Å². The van der Waals surface area contributed by atoms with E-state index in [-0.39, 0.29) is 0 Å². The van der Waals surface area contributed by atoms with Gasteiger partial charge in [0, 0.05) is 21.8 Å². The summed E-state index contributed by atoms with van der Waals surface area (Å²) in [5, 5.41) is 2.90. The van der Waals surface area contributed by atoms with Gasteiger partial charge in [-0.3, -0.25) is 0 Å². The fraction of sp³-hybridized carbons (Fsp3) is 0.400. The second-order valence-corrected chi connectivity index (χ2v) is 6.42. The van der Waals surface area contributed by atoms with Crippen molar-refractivity contribution in [2.75, 3.05) is 0 Å². The topological polar surface area (TPSA) is 15.8 Å². The highest BCUT2D eigenvalue weighted by atomic mass is 14.7. The van der Waals surface area contributed by atoms with Crippen LogP contribution in [0, 0.1) is 0 Å². The molecule has 1 fully saturated rings. The van der Waals surface area contributed by atoms with Gasteiger partial charge in [0.15, 0.2) is 0 Å². The molecule has 1 heteroatoms.